The zero-order valence-electron chi connectivity index (χ0n) is 13.4. The quantitative estimate of drug-likeness (QED) is 0.421. The third kappa shape index (κ3) is 5.19. The van der Waals surface area contributed by atoms with Gasteiger partial charge in [0.05, 0.1) is 12.8 Å². The number of aromatic nitrogens is 1. The number of hydrogen-bond acceptors (Lipinski definition) is 7. The highest BCUT2D eigenvalue weighted by molar-refractivity contribution is 7.09. The van der Waals surface area contributed by atoms with Gasteiger partial charge in [-0.3, -0.25) is 0 Å². The van der Waals surface area contributed by atoms with Gasteiger partial charge in [0.1, 0.15) is 11.1 Å². The molecule has 0 saturated heterocycles. The summed E-state index contributed by atoms with van der Waals surface area (Å²) < 4.78 is 4.88. The molecule has 1 rings (SSSR count). The van der Waals surface area contributed by atoms with Crippen LogP contribution >= 0.6 is 11.3 Å². The highest BCUT2D eigenvalue weighted by Crippen LogP contribution is 2.26. The van der Waals surface area contributed by atoms with Crippen molar-refractivity contribution in [3.63, 3.8) is 0 Å². The summed E-state index contributed by atoms with van der Waals surface area (Å²) in [6, 6.07) is -0.00450. The highest BCUT2D eigenvalue weighted by Gasteiger charge is 2.25. The zero-order chi connectivity index (χ0) is 16.7. The highest BCUT2D eigenvalue weighted by atomic mass is 32.1. The molecule has 0 amide bonds. The largest absolute Gasteiger partial charge is 0.461 e. The van der Waals surface area contributed by atoms with Crippen molar-refractivity contribution in [2.75, 3.05) is 13.7 Å². The second-order valence-corrected chi connectivity index (χ2v) is 6.19. The lowest BCUT2D eigenvalue weighted by atomic mass is 9.86. The van der Waals surface area contributed by atoms with E-state index in [0.29, 0.717) is 11.4 Å². The maximum Gasteiger partial charge on any atom is 0.357 e. The van der Waals surface area contributed by atoms with Crippen molar-refractivity contribution in [1.82, 2.24) is 9.79 Å². The molecular weight excluding hydrogens is 303 g/mol. The Morgan fingerprint density at radius 1 is 1.59 bits per heavy atom. The first-order valence-corrected chi connectivity index (χ1v) is 8.09. The number of hydrogen-bond donors (Lipinski definition) is 1. The maximum atomic E-state index is 11.6. The van der Waals surface area contributed by atoms with Crippen LogP contribution in [0.4, 0.5) is 0 Å². The first-order chi connectivity index (χ1) is 10.4. The van der Waals surface area contributed by atoms with Crippen LogP contribution in [0, 0.1) is 5.92 Å². The number of thiazole rings is 1. The van der Waals surface area contributed by atoms with E-state index in [4.69, 9.17) is 4.74 Å². The van der Waals surface area contributed by atoms with Crippen LogP contribution in [0.3, 0.4) is 0 Å². The van der Waals surface area contributed by atoms with Crippen LogP contribution in [0.1, 0.15) is 48.8 Å². The lowest BCUT2D eigenvalue weighted by Gasteiger charge is -2.31. The molecular formula is C14H22BN2O4S. The molecule has 1 N–H and O–H groups in total. The Morgan fingerprint density at radius 2 is 2.27 bits per heavy atom. The number of aliphatic hydroxyl groups excluding tert-OH is 1. The predicted octanol–water partition coefficient (Wildman–Crippen LogP) is 1.51. The van der Waals surface area contributed by atoms with E-state index < -0.39 is 12.1 Å². The van der Waals surface area contributed by atoms with Gasteiger partial charge in [-0.05, 0) is 26.3 Å². The number of carbonyl (C=O) groups excluding carboxylic acids is 2. The van der Waals surface area contributed by atoms with Gasteiger partial charge in [0.2, 0.25) is 0 Å². The summed E-state index contributed by atoms with van der Waals surface area (Å²) in [7, 11) is 3.25. The Bertz CT molecular complexity index is 495. The summed E-state index contributed by atoms with van der Waals surface area (Å²) in [6.07, 6.45) is 0.362. The summed E-state index contributed by atoms with van der Waals surface area (Å²) in [6.45, 7) is 6.07. The molecule has 121 valence electrons. The molecule has 1 aromatic rings. The van der Waals surface area contributed by atoms with Crippen molar-refractivity contribution in [3.8, 4) is 0 Å². The lowest BCUT2D eigenvalue weighted by molar-refractivity contribution is 0.0519. The smallest absolute Gasteiger partial charge is 0.357 e. The molecule has 0 unspecified atom stereocenters. The van der Waals surface area contributed by atoms with Gasteiger partial charge in [-0.1, -0.05) is 13.8 Å². The predicted molar refractivity (Wildman–Crippen MR) is 86.5 cm³/mol. The Hall–Kier alpha value is -1.25. The molecule has 0 aliphatic heterocycles. The summed E-state index contributed by atoms with van der Waals surface area (Å²) in [5.74, 6) is -0.232. The van der Waals surface area contributed by atoms with Crippen molar-refractivity contribution < 1.29 is 19.4 Å². The molecule has 1 radical (unpaired) electrons. The molecule has 1 aromatic heterocycles. The third-order valence-corrected chi connectivity index (χ3v) is 4.29. The normalized spacial score (nSPS) is 14.0. The van der Waals surface area contributed by atoms with Crippen LogP contribution in [-0.4, -0.2) is 54.2 Å². The second kappa shape index (κ2) is 9.02. The number of carbonyl (C=O) groups is 2. The van der Waals surface area contributed by atoms with Crippen molar-refractivity contribution >= 4 is 30.9 Å². The fraction of sp³-hybridized carbons (Fsp3) is 0.643. The molecule has 2 atom stereocenters. The van der Waals surface area contributed by atoms with Gasteiger partial charge < -0.3 is 19.4 Å². The summed E-state index contributed by atoms with van der Waals surface area (Å²) in [4.78, 5) is 28.1. The van der Waals surface area contributed by atoms with Crippen LogP contribution < -0.4 is 0 Å². The number of ether oxygens (including phenoxy) is 1. The standard InChI is InChI=1S/C14H22BN2O4S/c1-5-21-14(20)10-7-22-13(16-10)12(19)6-11(9(2)3)17(4)15-8-18/h7-9,11-12,19H,5-6H2,1-4H3/t11-,12+/m0/s1. The van der Waals surface area contributed by atoms with Crippen LogP contribution in [0.15, 0.2) is 5.38 Å². The van der Waals surface area contributed by atoms with E-state index in [0.717, 1.165) is 6.19 Å². The topological polar surface area (TPSA) is 79.7 Å². The van der Waals surface area contributed by atoms with Gasteiger partial charge >= 0.3 is 5.97 Å². The van der Waals surface area contributed by atoms with Gasteiger partial charge in [0.25, 0.3) is 7.41 Å². The van der Waals surface area contributed by atoms with Crippen molar-refractivity contribution in [1.29, 1.82) is 0 Å². The molecule has 0 fully saturated rings. The van der Waals surface area contributed by atoms with Crippen LogP contribution in [0.25, 0.3) is 0 Å². The SMILES string of the molecule is CCOC(=O)c1csc([C@H](O)C[C@@H](C(C)C)N(C)[B]C=O)n1. The molecule has 0 aromatic carbocycles. The van der Waals surface area contributed by atoms with Crippen LogP contribution in [0.5, 0.6) is 0 Å². The molecule has 0 saturated carbocycles. The molecule has 0 bridgehead atoms. The molecule has 8 heteroatoms. The first-order valence-electron chi connectivity index (χ1n) is 7.21. The Kier molecular flexibility index (Phi) is 7.71. The fourth-order valence-corrected chi connectivity index (χ4v) is 2.97. The summed E-state index contributed by atoms with van der Waals surface area (Å²) in [5, 5.41) is 12.4. The Balaban J connectivity index is 2.75. The number of rotatable bonds is 9. The number of nitrogens with zero attached hydrogens (tertiary/aromatic N) is 2. The van der Waals surface area contributed by atoms with E-state index in [2.05, 4.69) is 4.98 Å². The minimum atomic E-state index is -0.789. The van der Waals surface area contributed by atoms with Gasteiger partial charge in [-0.25, -0.2) is 9.78 Å². The van der Waals surface area contributed by atoms with Gasteiger partial charge in [-0.15, -0.1) is 11.3 Å². The van der Waals surface area contributed by atoms with Crippen molar-refractivity contribution in [3.05, 3.63) is 16.1 Å². The average molecular weight is 325 g/mol. The Labute approximate surface area is 135 Å². The minimum absolute atomic E-state index is 0.00450. The molecule has 1 heterocycles. The molecule has 0 aliphatic carbocycles. The zero-order valence-corrected chi connectivity index (χ0v) is 14.2. The Morgan fingerprint density at radius 3 is 2.82 bits per heavy atom. The van der Waals surface area contributed by atoms with Crippen molar-refractivity contribution in [2.24, 2.45) is 5.92 Å². The van der Waals surface area contributed by atoms with Gasteiger partial charge in [0, 0.05) is 11.4 Å². The van der Waals surface area contributed by atoms with E-state index in [-0.39, 0.29) is 24.3 Å². The van der Waals surface area contributed by atoms with E-state index in [1.54, 1.807) is 24.2 Å². The molecule has 6 nitrogen and oxygen atoms in total. The van der Waals surface area contributed by atoms with E-state index in [1.165, 1.54) is 18.8 Å². The molecule has 0 aliphatic rings. The third-order valence-electron chi connectivity index (χ3n) is 3.34. The van der Waals surface area contributed by atoms with E-state index in [9.17, 15) is 14.7 Å². The summed E-state index contributed by atoms with van der Waals surface area (Å²) in [5.41, 5.74) is 0.217. The average Bonchev–Trinajstić information content (AvgIpc) is 2.94. The van der Waals surface area contributed by atoms with E-state index in [1.807, 2.05) is 13.8 Å². The molecule has 0 spiro atoms. The van der Waals surface area contributed by atoms with Gasteiger partial charge in [-0.2, -0.15) is 0 Å². The second-order valence-electron chi connectivity index (χ2n) is 5.30. The van der Waals surface area contributed by atoms with E-state index >= 15 is 0 Å². The maximum absolute atomic E-state index is 11.6. The number of aliphatic hydroxyl groups is 1. The van der Waals surface area contributed by atoms with Crippen molar-refractivity contribution in [2.45, 2.75) is 39.3 Å². The first kappa shape index (κ1) is 18.8. The van der Waals surface area contributed by atoms with Gasteiger partial charge in [0.15, 0.2) is 5.69 Å². The minimum Gasteiger partial charge on any atom is -0.461 e. The summed E-state index contributed by atoms with van der Waals surface area (Å²) >= 11 is 1.23. The van der Waals surface area contributed by atoms with Crippen LogP contribution in [-0.2, 0) is 9.53 Å². The number of esters is 1. The van der Waals surface area contributed by atoms with Crippen LogP contribution in [0.2, 0.25) is 0 Å². The fourth-order valence-electron chi connectivity index (χ4n) is 2.18. The monoisotopic (exact) mass is 325 g/mol. The molecule has 22 heavy (non-hydrogen) atoms. The lowest BCUT2D eigenvalue weighted by Crippen LogP contribution is -2.40.